The van der Waals surface area contributed by atoms with Crippen molar-refractivity contribution in [3.8, 4) is 78.9 Å². The van der Waals surface area contributed by atoms with Crippen molar-refractivity contribution in [2.24, 2.45) is 0 Å². The Labute approximate surface area is 501 Å². The summed E-state index contributed by atoms with van der Waals surface area (Å²) in [6.07, 6.45) is 0. The molecule has 4 heterocycles. The normalized spacial score (nSPS) is 12.5. The number of oxazole rings is 2. The van der Waals surface area contributed by atoms with E-state index in [9.17, 15) is 0 Å². The van der Waals surface area contributed by atoms with Crippen LogP contribution >= 0.6 is 0 Å². The summed E-state index contributed by atoms with van der Waals surface area (Å²) in [5.74, 6) is 0.852. The molecule has 14 aromatic rings. The summed E-state index contributed by atoms with van der Waals surface area (Å²) >= 11 is 0. The summed E-state index contributed by atoms with van der Waals surface area (Å²) in [6, 6.07) is 87.6. The number of hydrogen-bond acceptors (Lipinski definition) is 8. The highest BCUT2D eigenvalue weighted by Crippen LogP contribution is 2.52. The number of methoxy groups -OCH3 is 2. The molecule has 0 fully saturated rings. The van der Waals surface area contributed by atoms with Crippen LogP contribution in [0.4, 0.5) is 42.9 Å². The van der Waals surface area contributed by atoms with Gasteiger partial charge in [0.05, 0.1) is 48.1 Å². The zero-order chi connectivity index (χ0) is 58.3. The Bertz CT molecular complexity index is 4700. The lowest BCUT2D eigenvalue weighted by Gasteiger charge is -2.31. The van der Waals surface area contributed by atoms with Crippen LogP contribution in [0.3, 0.4) is 0 Å². The zero-order valence-electron chi connectivity index (χ0n) is 47.1. The van der Waals surface area contributed by atoms with E-state index < -0.39 is 19.7 Å². The van der Waals surface area contributed by atoms with Crippen molar-refractivity contribution in [3.05, 3.63) is 279 Å². The molecule has 0 N–H and O–H groups in total. The summed E-state index contributed by atoms with van der Waals surface area (Å²) in [5.41, 5.74) is 14.1. The lowest BCUT2D eigenvalue weighted by Crippen LogP contribution is -2.70. The molecule has 416 valence electrons. The second-order valence-electron chi connectivity index (χ2n) is 21.7. The van der Waals surface area contributed by atoms with Gasteiger partial charge in [0.15, 0.2) is 19.2 Å². The lowest BCUT2D eigenvalue weighted by molar-refractivity contribution is 0.414. The molecule has 16 rings (SSSR count). The van der Waals surface area contributed by atoms with Gasteiger partial charge < -0.3 is 28.1 Å². The minimum Gasteiger partial charge on any atom is -0.496 e. The summed E-state index contributed by atoms with van der Waals surface area (Å²) < 4.78 is 61.5. The number of hydrogen-bond donors (Lipinski definition) is 0. The van der Waals surface area contributed by atoms with Crippen molar-refractivity contribution < 1.29 is 27.1 Å². The number of fused-ring (bicyclic) bond motifs is 14. The fraction of sp³-hybridized carbons (Fsp3) is 0.0263. The standard InChI is InChI=1S/C76H50F2N4O4Si/c1-83-63-33-17-9-27-55(63)75-79-71-61(81(59-31-15-13-29-57(59)77)51-41-37-49(38-42-51)47-21-5-3-6-22-47)45-67-69(73(71)85-75)70-68(87(67)65-35-19-11-25-53(65)54-26-12-20-36-66(54)87)46-62(72-74(70)86-76(80-72)56-28-10-18-34-64(56)84-2)82(60-32-16-14-30-58(60)78)52-43-39-50(40-44-52)48-23-7-4-8-24-48/h3-46H,1-2H3. The molecule has 11 heteroatoms. The van der Waals surface area contributed by atoms with Gasteiger partial charge in [0.25, 0.3) is 0 Å². The third-order valence-corrected chi connectivity index (χ3v) is 22.0. The molecular formula is C76H50F2N4O4Si. The Hall–Kier alpha value is -11.1. The minimum absolute atomic E-state index is 0.297. The number of rotatable bonds is 12. The van der Waals surface area contributed by atoms with Crippen LogP contribution in [0.1, 0.15) is 0 Å². The number of benzene rings is 12. The molecular weight excluding hydrogens is 1100 g/mol. The number of anilines is 6. The van der Waals surface area contributed by atoms with Crippen LogP contribution in [0.25, 0.3) is 89.6 Å². The molecule has 0 saturated carbocycles. The summed E-state index contributed by atoms with van der Waals surface area (Å²) in [4.78, 5) is 15.0. The predicted octanol–water partition coefficient (Wildman–Crippen LogP) is 17.2. The van der Waals surface area contributed by atoms with Gasteiger partial charge in [0, 0.05) is 22.5 Å². The van der Waals surface area contributed by atoms with Crippen molar-refractivity contribution >= 4 is 85.1 Å². The lowest BCUT2D eigenvalue weighted by atomic mass is 10.00. The molecule has 2 aliphatic heterocycles. The highest BCUT2D eigenvalue weighted by Gasteiger charge is 2.57. The monoisotopic (exact) mass is 1150 g/mol. The van der Waals surface area contributed by atoms with E-state index in [1.807, 2.05) is 131 Å². The molecule has 12 aromatic carbocycles. The highest BCUT2D eigenvalue weighted by atomic mass is 28.3. The fourth-order valence-corrected chi connectivity index (χ4v) is 18.9. The number of aromatic nitrogens is 2. The van der Waals surface area contributed by atoms with E-state index in [-0.39, 0.29) is 0 Å². The first-order chi connectivity index (χ1) is 42.9. The molecule has 0 atom stereocenters. The Morgan fingerprint density at radius 1 is 0.345 bits per heavy atom. The quantitative estimate of drug-likeness (QED) is 0.112. The Morgan fingerprint density at radius 2 is 0.690 bits per heavy atom. The van der Waals surface area contributed by atoms with E-state index in [0.717, 1.165) is 65.3 Å². The molecule has 0 unspecified atom stereocenters. The average Bonchev–Trinajstić information content (AvgIpc) is 1.50. The Balaban J connectivity index is 1.07. The van der Waals surface area contributed by atoms with Crippen LogP contribution in [0.15, 0.2) is 276 Å². The second-order valence-corrected chi connectivity index (χ2v) is 25.3. The first-order valence-corrected chi connectivity index (χ1v) is 30.7. The van der Waals surface area contributed by atoms with Crippen molar-refractivity contribution in [2.75, 3.05) is 24.0 Å². The molecule has 0 saturated heterocycles. The first-order valence-electron chi connectivity index (χ1n) is 28.7. The van der Waals surface area contributed by atoms with Crippen molar-refractivity contribution in [3.63, 3.8) is 0 Å². The molecule has 2 aliphatic rings. The SMILES string of the molecule is COc1ccccc1-c1nc2c(N(c3ccc(-c4ccccc4)cc3)c3ccccc3F)cc3c(c2o1)-c1c(cc(N(c2ccc(-c4ccccc4)cc2)c2ccccc2F)c2nc(-c4ccccc4OC)oc12)[Si]31c2ccccc2-c2ccccc21. The van der Waals surface area contributed by atoms with Gasteiger partial charge in [-0.25, -0.2) is 18.7 Å². The minimum atomic E-state index is -3.72. The van der Waals surface area contributed by atoms with Gasteiger partial charge in [0.1, 0.15) is 34.2 Å². The van der Waals surface area contributed by atoms with Gasteiger partial charge in [0.2, 0.25) is 11.8 Å². The van der Waals surface area contributed by atoms with Crippen molar-refractivity contribution in [2.45, 2.75) is 0 Å². The van der Waals surface area contributed by atoms with Crippen molar-refractivity contribution in [1.29, 1.82) is 0 Å². The van der Waals surface area contributed by atoms with Crippen molar-refractivity contribution in [1.82, 2.24) is 9.97 Å². The number of nitrogens with zero attached hydrogens (tertiary/aromatic N) is 4. The zero-order valence-corrected chi connectivity index (χ0v) is 48.1. The first kappa shape index (κ1) is 51.5. The molecule has 0 bridgehead atoms. The van der Waals surface area contributed by atoms with Gasteiger partial charge in [-0.2, -0.15) is 0 Å². The van der Waals surface area contributed by atoms with Gasteiger partial charge in [-0.1, -0.05) is 182 Å². The third kappa shape index (κ3) is 8.00. The summed E-state index contributed by atoms with van der Waals surface area (Å²) in [7, 11) is -0.461. The van der Waals surface area contributed by atoms with Crippen LogP contribution in [-0.2, 0) is 0 Å². The maximum Gasteiger partial charge on any atom is 0.231 e. The van der Waals surface area contributed by atoms with E-state index in [1.54, 1.807) is 38.5 Å². The van der Waals surface area contributed by atoms with E-state index in [4.69, 9.17) is 28.3 Å². The van der Waals surface area contributed by atoms with E-state index in [1.165, 1.54) is 12.1 Å². The molecule has 0 aliphatic carbocycles. The summed E-state index contributed by atoms with van der Waals surface area (Å²) in [6.45, 7) is 0. The molecule has 2 aromatic heterocycles. The summed E-state index contributed by atoms with van der Waals surface area (Å²) in [5, 5.41) is 4.18. The maximum atomic E-state index is 17.3. The molecule has 87 heavy (non-hydrogen) atoms. The fourth-order valence-electron chi connectivity index (χ4n) is 13.3. The Kier molecular flexibility index (Phi) is 12.2. The Morgan fingerprint density at radius 3 is 1.09 bits per heavy atom. The average molecular weight is 1150 g/mol. The number of halogens is 2. The van der Waals surface area contributed by atoms with Crippen LogP contribution in [0.2, 0.25) is 0 Å². The molecule has 1 spiro atoms. The smallest absolute Gasteiger partial charge is 0.231 e. The van der Waals surface area contributed by atoms with E-state index in [2.05, 4.69) is 109 Å². The molecule has 8 nitrogen and oxygen atoms in total. The highest BCUT2D eigenvalue weighted by molar-refractivity contribution is 7.24. The molecule has 0 amide bonds. The second kappa shape index (κ2) is 20.6. The van der Waals surface area contributed by atoms with Gasteiger partial charge in [-0.05, 0) is 139 Å². The van der Waals surface area contributed by atoms with Crippen LogP contribution in [0, 0.1) is 11.6 Å². The maximum absolute atomic E-state index is 17.3. The van der Waals surface area contributed by atoms with Gasteiger partial charge >= 0.3 is 0 Å². The number of ether oxygens (including phenoxy) is 2. The van der Waals surface area contributed by atoms with Crippen LogP contribution in [-0.4, -0.2) is 32.3 Å². The topological polar surface area (TPSA) is 77.0 Å². The van der Waals surface area contributed by atoms with Gasteiger partial charge in [-0.3, -0.25) is 0 Å². The van der Waals surface area contributed by atoms with Crippen LogP contribution in [0.5, 0.6) is 11.5 Å². The van der Waals surface area contributed by atoms with E-state index in [0.29, 0.717) is 90.7 Å². The third-order valence-electron chi connectivity index (χ3n) is 17.1. The largest absolute Gasteiger partial charge is 0.496 e. The molecule has 0 radical (unpaired) electrons. The van der Waals surface area contributed by atoms with Gasteiger partial charge in [-0.15, -0.1) is 0 Å². The predicted molar refractivity (Wildman–Crippen MR) is 347 cm³/mol. The number of para-hydroxylation sites is 4. The van der Waals surface area contributed by atoms with Crippen LogP contribution < -0.4 is 40.0 Å². The van der Waals surface area contributed by atoms with E-state index >= 15 is 8.78 Å².